The summed E-state index contributed by atoms with van der Waals surface area (Å²) in [5.74, 6) is 0.229. The van der Waals surface area contributed by atoms with Crippen molar-refractivity contribution in [2.75, 3.05) is 26.2 Å². The van der Waals surface area contributed by atoms with Gasteiger partial charge in [0.1, 0.15) is 6.04 Å². The van der Waals surface area contributed by atoms with E-state index in [-0.39, 0.29) is 18.3 Å². The largest absolute Gasteiger partial charge is 0.408 e. The summed E-state index contributed by atoms with van der Waals surface area (Å²) < 4.78 is 40.4. The van der Waals surface area contributed by atoms with E-state index in [0.29, 0.717) is 31.7 Å². The van der Waals surface area contributed by atoms with E-state index in [9.17, 15) is 13.2 Å². The number of nitrogens with one attached hydrogen (secondary N) is 1. The van der Waals surface area contributed by atoms with Crippen molar-refractivity contribution in [2.45, 2.75) is 32.0 Å². The summed E-state index contributed by atoms with van der Waals surface area (Å²) >= 11 is 0. The smallest absolute Gasteiger partial charge is 0.314 e. The van der Waals surface area contributed by atoms with Gasteiger partial charge in [-0.3, -0.25) is 4.90 Å². The minimum Gasteiger partial charge on any atom is -0.314 e. The van der Waals surface area contributed by atoms with E-state index in [1.807, 2.05) is 19.9 Å². The fourth-order valence-corrected chi connectivity index (χ4v) is 2.64. The molecule has 1 atom stereocenters. The number of alkyl halides is 3. The molecule has 0 bridgehead atoms. The fraction of sp³-hybridized carbons (Fsp3) is 0.600. The molecule has 0 aliphatic carbocycles. The van der Waals surface area contributed by atoms with Crippen LogP contribution in [0.4, 0.5) is 13.2 Å². The van der Waals surface area contributed by atoms with Gasteiger partial charge in [0.15, 0.2) is 0 Å². The molecule has 2 nitrogen and oxygen atoms in total. The van der Waals surface area contributed by atoms with Crippen LogP contribution in [0.2, 0.25) is 0 Å². The number of piperazine rings is 1. The van der Waals surface area contributed by atoms with Crippen LogP contribution in [-0.4, -0.2) is 37.3 Å². The van der Waals surface area contributed by atoms with Crippen molar-refractivity contribution in [3.63, 3.8) is 0 Å². The molecule has 1 fully saturated rings. The Morgan fingerprint density at radius 2 is 1.67 bits per heavy atom. The molecule has 21 heavy (non-hydrogen) atoms. The van der Waals surface area contributed by atoms with Gasteiger partial charge in [0.25, 0.3) is 0 Å². The maximum absolute atomic E-state index is 13.5. The molecule has 1 aliphatic heterocycles. The molecule has 0 radical (unpaired) electrons. The molecule has 1 saturated heterocycles. The fourth-order valence-electron chi connectivity index (χ4n) is 2.64. The van der Waals surface area contributed by atoms with E-state index in [4.69, 9.17) is 0 Å². The van der Waals surface area contributed by atoms with Gasteiger partial charge >= 0.3 is 6.18 Å². The van der Waals surface area contributed by atoms with Crippen LogP contribution < -0.4 is 5.32 Å². The van der Waals surface area contributed by atoms with Crippen LogP contribution >= 0.6 is 12.4 Å². The van der Waals surface area contributed by atoms with Gasteiger partial charge in [-0.1, -0.05) is 38.1 Å². The standard InChI is InChI=1S/C15H21F3N2.ClH/c1-11(2)12-4-3-5-13(10-12)14(15(16,17)18)20-8-6-19-7-9-20;/h3-5,10-11,14,19H,6-9H2,1-2H3;1H/t14-;/m1./s1. The minimum atomic E-state index is -4.24. The Labute approximate surface area is 130 Å². The Hall–Kier alpha value is -0.780. The molecule has 1 aliphatic rings. The Morgan fingerprint density at radius 3 is 2.19 bits per heavy atom. The molecule has 1 aromatic carbocycles. The lowest BCUT2D eigenvalue weighted by atomic mass is 9.96. The molecule has 6 heteroatoms. The molecular weight excluding hydrogens is 301 g/mol. The lowest BCUT2D eigenvalue weighted by Crippen LogP contribution is -2.49. The van der Waals surface area contributed by atoms with Gasteiger partial charge in [-0.15, -0.1) is 12.4 Å². The average molecular weight is 323 g/mol. The van der Waals surface area contributed by atoms with Gasteiger partial charge in [0, 0.05) is 26.2 Å². The molecule has 1 heterocycles. The van der Waals surface area contributed by atoms with Crippen molar-refractivity contribution in [2.24, 2.45) is 0 Å². The van der Waals surface area contributed by atoms with Gasteiger partial charge in [0.2, 0.25) is 0 Å². The van der Waals surface area contributed by atoms with Crippen molar-refractivity contribution < 1.29 is 13.2 Å². The van der Waals surface area contributed by atoms with Crippen molar-refractivity contribution >= 4 is 12.4 Å². The number of halogens is 4. The Balaban J connectivity index is 0.00000220. The van der Waals surface area contributed by atoms with E-state index in [1.54, 1.807) is 18.2 Å². The highest BCUT2D eigenvalue weighted by molar-refractivity contribution is 5.85. The highest BCUT2D eigenvalue weighted by atomic mass is 35.5. The second kappa shape index (κ2) is 7.47. The van der Waals surface area contributed by atoms with E-state index >= 15 is 0 Å². The van der Waals surface area contributed by atoms with E-state index in [1.165, 1.54) is 4.90 Å². The zero-order valence-corrected chi connectivity index (χ0v) is 13.1. The van der Waals surface area contributed by atoms with E-state index in [2.05, 4.69) is 5.32 Å². The summed E-state index contributed by atoms with van der Waals surface area (Å²) in [5, 5.41) is 3.09. The molecule has 1 N–H and O–H groups in total. The summed E-state index contributed by atoms with van der Waals surface area (Å²) in [4.78, 5) is 1.52. The second-order valence-electron chi connectivity index (χ2n) is 5.55. The maximum Gasteiger partial charge on any atom is 0.408 e. The highest BCUT2D eigenvalue weighted by Gasteiger charge is 2.44. The van der Waals surface area contributed by atoms with Gasteiger partial charge in [0.05, 0.1) is 0 Å². The van der Waals surface area contributed by atoms with Crippen molar-refractivity contribution in [3.05, 3.63) is 35.4 Å². The summed E-state index contributed by atoms with van der Waals surface area (Å²) in [6, 6.07) is 5.41. The monoisotopic (exact) mass is 322 g/mol. The minimum absolute atomic E-state index is 0. The van der Waals surface area contributed by atoms with Crippen molar-refractivity contribution in [1.29, 1.82) is 0 Å². The Bertz CT molecular complexity index is 443. The van der Waals surface area contributed by atoms with E-state index in [0.717, 1.165) is 5.56 Å². The van der Waals surface area contributed by atoms with Gasteiger partial charge in [-0.2, -0.15) is 13.2 Å². The SMILES string of the molecule is CC(C)c1cccc([C@@H](N2CCNCC2)C(F)(F)F)c1.Cl. The van der Waals surface area contributed by atoms with Crippen LogP contribution in [0.3, 0.4) is 0 Å². The summed E-state index contributed by atoms with van der Waals surface area (Å²) in [6.45, 7) is 6.05. The van der Waals surface area contributed by atoms with Gasteiger partial charge in [-0.25, -0.2) is 0 Å². The lowest BCUT2D eigenvalue weighted by molar-refractivity contribution is -0.187. The number of rotatable bonds is 3. The molecule has 0 saturated carbocycles. The van der Waals surface area contributed by atoms with Crippen LogP contribution in [0.5, 0.6) is 0 Å². The topological polar surface area (TPSA) is 15.3 Å². The zero-order valence-electron chi connectivity index (χ0n) is 12.3. The Morgan fingerprint density at radius 1 is 1.10 bits per heavy atom. The van der Waals surface area contributed by atoms with Crippen LogP contribution in [0, 0.1) is 0 Å². The first kappa shape index (κ1) is 18.3. The lowest BCUT2D eigenvalue weighted by Gasteiger charge is -2.36. The number of benzene rings is 1. The Kier molecular flexibility index (Phi) is 6.50. The number of hydrogen-bond acceptors (Lipinski definition) is 2. The van der Waals surface area contributed by atoms with Crippen LogP contribution in [0.25, 0.3) is 0 Å². The first-order valence-corrected chi connectivity index (χ1v) is 7.01. The molecule has 120 valence electrons. The molecule has 0 spiro atoms. The first-order chi connectivity index (χ1) is 9.39. The van der Waals surface area contributed by atoms with Gasteiger partial charge in [-0.05, 0) is 17.0 Å². The summed E-state index contributed by atoms with van der Waals surface area (Å²) in [6.07, 6.45) is -4.24. The van der Waals surface area contributed by atoms with E-state index < -0.39 is 12.2 Å². The molecular formula is C15H22ClF3N2. The second-order valence-corrected chi connectivity index (χ2v) is 5.55. The number of nitrogens with zero attached hydrogens (tertiary/aromatic N) is 1. The average Bonchev–Trinajstić information content (AvgIpc) is 2.39. The van der Waals surface area contributed by atoms with Crippen LogP contribution in [0.15, 0.2) is 24.3 Å². The molecule has 2 rings (SSSR count). The molecule has 0 amide bonds. The van der Waals surface area contributed by atoms with Crippen LogP contribution in [-0.2, 0) is 0 Å². The van der Waals surface area contributed by atoms with Crippen LogP contribution in [0.1, 0.15) is 36.9 Å². The third-order valence-corrected chi connectivity index (χ3v) is 3.72. The summed E-state index contributed by atoms with van der Waals surface area (Å²) in [7, 11) is 0. The normalized spacial score (nSPS) is 18.4. The number of hydrogen-bond donors (Lipinski definition) is 1. The van der Waals surface area contributed by atoms with Crippen molar-refractivity contribution in [1.82, 2.24) is 10.2 Å². The third-order valence-electron chi connectivity index (χ3n) is 3.72. The molecule has 0 unspecified atom stereocenters. The predicted octanol–water partition coefficient (Wildman–Crippen LogP) is 3.74. The zero-order chi connectivity index (χ0) is 14.8. The van der Waals surface area contributed by atoms with Crippen molar-refractivity contribution in [3.8, 4) is 0 Å². The highest BCUT2D eigenvalue weighted by Crippen LogP contribution is 2.38. The predicted molar refractivity (Wildman–Crippen MR) is 81.0 cm³/mol. The quantitative estimate of drug-likeness (QED) is 0.912. The van der Waals surface area contributed by atoms with Gasteiger partial charge < -0.3 is 5.32 Å². The summed E-state index contributed by atoms with van der Waals surface area (Å²) in [5.41, 5.74) is 1.30. The third kappa shape index (κ3) is 4.59. The maximum atomic E-state index is 13.5. The first-order valence-electron chi connectivity index (χ1n) is 7.01. The molecule has 0 aromatic heterocycles. The molecule has 1 aromatic rings.